The summed E-state index contributed by atoms with van der Waals surface area (Å²) >= 11 is 1.79. The molecule has 220 valence electrons. The highest BCUT2D eigenvalue weighted by atomic mass is 32.1. The fourth-order valence-electron chi connectivity index (χ4n) is 7.20. The van der Waals surface area contributed by atoms with Crippen LogP contribution < -0.4 is 4.90 Å². The average Bonchev–Trinajstić information content (AvgIpc) is 3.71. The number of hydrogen-bond acceptors (Lipinski definition) is 4. The number of rotatable bonds is 4. The van der Waals surface area contributed by atoms with Gasteiger partial charge in [0.15, 0.2) is 0 Å². The van der Waals surface area contributed by atoms with Gasteiger partial charge in [-0.05, 0) is 81.2 Å². The molecule has 0 bridgehead atoms. The minimum absolute atomic E-state index is 0.870. The molecule has 3 nitrogen and oxygen atoms in total. The quantitative estimate of drug-likeness (QED) is 0.184. The molecule has 0 aliphatic rings. The molecule has 0 amide bonds. The summed E-state index contributed by atoms with van der Waals surface area (Å²) in [7, 11) is 0. The number of para-hydroxylation sites is 1. The van der Waals surface area contributed by atoms with Gasteiger partial charge in [-0.2, -0.15) is 0 Å². The third-order valence-corrected chi connectivity index (χ3v) is 10.5. The first-order valence-corrected chi connectivity index (χ1v) is 16.6. The molecule has 0 aliphatic heterocycles. The lowest BCUT2D eigenvalue weighted by atomic mass is 9.93. The number of anilines is 3. The normalized spacial score (nSPS) is 11.8. The maximum absolute atomic E-state index is 6.37. The zero-order valence-corrected chi connectivity index (χ0v) is 26.0. The van der Waals surface area contributed by atoms with E-state index in [2.05, 4.69) is 144 Å². The Morgan fingerprint density at radius 2 is 1.23 bits per heavy atom. The van der Waals surface area contributed by atoms with Crippen molar-refractivity contribution < 1.29 is 4.42 Å². The standard InChI is InChI=1S/C43H26N2OS/c1-2-11-30-28(10-1)26-35(32-13-4-3-12-31(30)32)27-20-22-29(23-21-27)45(36-16-9-18-39-41(36)33-14-5-7-17-38(33)46-39)37-24-25-44-42-34-15-6-8-19-40(34)47-43(37)42/h1-26H. The highest BCUT2D eigenvalue weighted by molar-refractivity contribution is 7.26. The fourth-order valence-corrected chi connectivity index (χ4v) is 8.37. The Hall–Kier alpha value is -5.97. The number of fused-ring (bicyclic) bond motifs is 9. The van der Waals surface area contributed by atoms with E-state index in [1.54, 1.807) is 11.3 Å². The summed E-state index contributed by atoms with van der Waals surface area (Å²) in [5.41, 5.74) is 8.43. The smallest absolute Gasteiger partial charge is 0.137 e. The molecule has 0 aliphatic carbocycles. The van der Waals surface area contributed by atoms with Crippen molar-refractivity contribution in [3.05, 3.63) is 158 Å². The number of thiophene rings is 1. The summed E-state index contributed by atoms with van der Waals surface area (Å²) in [6, 6.07) is 54.1. The SMILES string of the molecule is c1ccc2c(c1)cc(-c1ccc(N(c3ccnc4c3sc3ccccc34)c3cccc4oc5ccccc5c34)cc1)c1ccccc12. The number of nitrogens with zero attached hydrogens (tertiary/aromatic N) is 2. The zero-order valence-electron chi connectivity index (χ0n) is 25.2. The van der Waals surface area contributed by atoms with Gasteiger partial charge in [0.2, 0.25) is 0 Å². The van der Waals surface area contributed by atoms with Crippen molar-refractivity contribution in [2.75, 3.05) is 4.90 Å². The molecule has 0 saturated heterocycles. The summed E-state index contributed by atoms with van der Waals surface area (Å²) in [4.78, 5) is 7.26. The molecule has 0 saturated carbocycles. The molecule has 3 heterocycles. The Labute approximate surface area is 274 Å². The van der Waals surface area contributed by atoms with Crippen LogP contribution in [0.25, 0.3) is 74.9 Å². The predicted molar refractivity (Wildman–Crippen MR) is 200 cm³/mol. The number of benzene rings is 7. The van der Waals surface area contributed by atoms with Crippen LogP contribution in [0.5, 0.6) is 0 Å². The molecular weight excluding hydrogens is 593 g/mol. The molecule has 0 fully saturated rings. The van der Waals surface area contributed by atoms with Gasteiger partial charge in [-0.3, -0.25) is 4.98 Å². The molecule has 4 heteroatoms. The molecular formula is C43H26N2OS. The van der Waals surface area contributed by atoms with Gasteiger partial charge >= 0.3 is 0 Å². The van der Waals surface area contributed by atoms with Gasteiger partial charge in [-0.15, -0.1) is 11.3 Å². The molecule has 7 aromatic carbocycles. The van der Waals surface area contributed by atoms with Gasteiger partial charge in [0.1, 0.15) is 11.2 Å². The molecule has 3 aromatic heterocycles. The van der Waals surface area contributed by atoms with Gasteiger partial charge in [0.05, 0.1) is 27.0 Å². The van der Waals surface area contributed by atoms with E-state index >= 15 is 0 Å². The van der Waals surface area contributed by atoms with Crippen LogP contribution in [0.15, 0.2) is 162 Å². The van der Waals surface area contributed by atoms with Gasteiger partial charge < -0.3 is 9.32 Å². The Balaban J connectivity index is 1.22. The Kier molecular flexibility index (Phi) is 5.74. The minimum atomic E-state index is 0.870. The van der Waals surface area contributed by atoms with Crippen LogP contribution in [-0.2, 0) is 0 Å². The lowest BCUT2D eigenvalue weighted by Gasteiger charge is -2.27. The largest absolute Gasteiger partial charge is 0.456 e. The van der Waals surface area contributed by atoms with Crippen LogP contribution in [0.3, 0.4) is 0 Å². The molecule has 0 radical (unpaired) electrons. The first-order valence-electron chi connectivity index (χ1n) is 15.8. The molecule has 10 rings (SSSR count). The van der Waals surface area contributed by atoms with Crippen molar-refractivity contribution in [1.29, 1.82) is 0 Å². The highest BCUT2D eigenvalue weighted by Gasteiger charge is 2.23. The van der Waals surface area contributed by atoms with E-state index in [-0.39, 0.29) is 0 Å². The van der Waals surface area contributed by atoms with Crippen molar-refractivity contribution in [3.63, 3.8) is 0 Å². The maximum Gasteiger partial charge on any atom is 0.137 e. The summed E-state index contributed by atoms with van der Waals surface area (Å²) in [5, 5.41) is 8.43. The average molecular weight is 619 g/mol. The topological polar surface area (TPSA) is 29.3 Å². The Morgan fingerprint density at radius 1 is 0.532 bits per heavy atom. The monoisotopic (exact) mass is 618 g/mol. The van der Waals surface area contributed by atoms with Crippen LogP contribution in [-0.4, -0.2) is 4.98 Å². The maximum atomic E-state index is 6.37. The Morgan fingerprint density at radius 3 is 2.11 bits per heavy atom. The van der Waals surface area contributed by atoms with E-state index in [9.17, 15) is 0 Å². The van der Waals surface area contributed by atoms with Crippen LogP contribution >= 0.6 is 11.3 Å². The lowest BCUT2D eigenvalue weighted by molar-refractivity contribution is 0.669. The van der Waals surface area contributed by atoms with E-state index in [0.717, 1.165) is 49.2 Å². The van der Waals surface area contributed by atoms with Crippen LogP contribution in [0.2, 0.25) is 0 Å². The number of pyridine rings is 1. The second-order valence-electron chi connectivity index (χ2n) is 11.9. The van der Waals surface area contributed by atoms with Crippen molar-refractivity contribution in [1.82, 2.24) is 4.98 Å². The fraction of sp³-hybridized carbons (Fsp3) is 0. The molecule has 47 heavy (non-hydrogen) atoms. The summed E-state index contributed by atoms with van der Waals surface area (Å²) in [6.07, 6.45) is 1.94. The third kappa shape index (κ3) is 4.02. The molecule has 0 N–H and O–H groups in total. The summed E-state index contributed by atoms with van der Waals surface area (Å²) < 4.78 is 8.75. The first-order chi connectivity index (χ1) is 23.3. The van der Waals surface area contributed by atoms with Gasteiger partial charge in [0, 0.05) is 27.4 Å². The van der Waals surface area contributed by atoms with E-state index < -0.39 is 0 Å². The van der Waals surface area contributed by atoms with Gasteiger partial charge in [0.25, 0.3) is 0 Å². The number of furan rings is 1. The van der Waals surface area contributed by atoms with Crippen LogP contribution in [0.4, 0.5) is 17.1 Å². The first kappa shape index (κ1) is 26.3. The number of aromatic nitrogens is 1. The molecule has 0 spiro atoms. The zero-order chi connectivity index (χ0) is 30.9. The van der Waals surface area contributed by atoms with Crippen molar-refractivity contribution in [2.45, 2.75) is 0 Å². The van der Waals surface area contributed by atoms with E-state index in [1.807, 2.05) is 18.3 Å². The van der Waals surface area contributed by atoms with Crippen LogP contribution in [0.1, 0.15) is 0 Å². The van der Waals surface area contributed by atoms with Crippen LogP contribution in [0, 0.1) is 0 Å². The predicted octanol–water partition coefficient (Wildman–Crippen LogP) is 12.8. The third-order valence-electron chi connectivity index (χ3n) is 9.30. The molecule has 0 unspecified atom stereocenters. The van der Waals surface area contributed by atoms with E-state index in [1.165, 1.54) is 42.8 Å². The van der Waals surface area contributed by atoms with E-state index in [4.69, 9.17) is 9.40 Å². The second kappa shape index (κ2) is 10.3. The van der Waals surface area contributed by atoms with Crippen molar-refractivity contribution in [2.24, 2.45) is 0 Å². The second-order valence-corrected chi connectivity index (χ2v) is 13.0. The van der Waals surface area contributed by atoms with Gasteiger partial charge in [-0.1, -0.05) is 103 Å². The summed E-state index contributed by atoms with van der Waals surface area (Å²) in [5.74, 6) is 0. The Bertz CT molecular complexity index is 2810. The van der Waals surface area contributed by atoms with E-state index in [0.29, 0.717) is 0 Å². The lowest BCUT2D eigenvalue weighted by Crippen LogP contribution is -2.10. The van der Waals surface area contributed by atoms with Gasteiger partial charge in [-0.25, -0.2) is 0 Å². The van der Waals surface area contributed by atoms with Crippen molar-refractivity contribution in [3.8, 4) is 11.1 Å². The van der Waals surface area contributed by atoms with Crippen molar-refractivity contribution >= 4 is 92.2 Å². The highest BCUT2D eigenvalue weighted by Crippen LogP contribution is 2.47. The molecule has 10 aromatic rings. The minimum Gasteiger partial charge on any atom is -0.456 e. The molecule has 0 atom stereocenters. The number of hydrogen-bond donors (Lipinski definition) is 0. The summed E-state index contributed by atoms with van der Waals surface area (Å²) in [6.45, 7) is 0.